The van der Waals surface area contributed by atoms with E-state index in [2.05, 4.69) is 5.32 Å². The van der Waals surface area contributed by atoms with Crippen molar-refractivity contribution in [3.05, 3.63) is 34.6 Å². The van der Waals surface area contributed by atoms with Crippen LogP contribution >= 0.6 is 11.6 Å². The normalized spacial score (nSPS) is 14.5. The van der Waals surface area contributed by atoms with Gasteiger partial charge >= 0.3 is 0 Å². The topological polar surface area (TPSA) is 21.3 Å². The number of halogens is 2. The Bertz CT molecular complexity index is 373. The van der Waals surface area contributed by atoms with E-state index in [1.165, 1.54) is 6.07 Å². The van der Waals surface area contributed by atoms with Crippen molar-refractivity contribution in [3.8, 4) is 0 Å². The molecule has 0 aliphatic rings. The zero-order valence-corrected chi connectivity index (χ0v) is 11.9. The average molecular weight is 274 g/mol. The lowest BCUT2D eigenvalue weighted by Crippen LogP contribution is -2.34. The van der Waals surface area contributed by atoms with Gasteiger partial charge in [-0.15, -0.1) is 0 Å². The van der Waals surface area contributed by atoms with Crippen LogP contribution in [0.4, 0.5) is 4.39 Å². The molecule has 0 aliphatic carbocycles. The number of methoxy groups -OCH3 is 1. The molecule has 1 aromatic rings. The fourth-order valence-corrected chi connectivity index (χ4v) is 2.14. The van der Waals surface area contributed by atoms with E-state index in [9.17, 15) is 4.39 Å². The maximum absolute atomic E-state index is 13.7. The molecule has 18 heavy (non-hydrogen) atoms. The molecule has 0 bridgehead atoms. The fraction of sp³-hybridized carbons (Fsp3) is 0.571. The maximum atomic E-state index is 13.7. The molecule has 2 unspecified atom stereocenters. The largest absolute Gasteiger partial charge is 0.382 e. The highest BCUT2D eigenvalue weighted by molar-refractivity contribution is 6.30. The smallest absolute Gasteiger partial charge is 0.127 e. The number of rotatable bonds is 7. The van der Waals surface area contributed by atoms with Gasteiger partial charge in [0.25, 0.3) is 0 Å². The Labute approximate surface area is 113 Å². The Morgan fingerprint density at radius 2 is 2.17 bits per heavy atom. The molecule has 0 radical (unpaired) electrons. The Morgan fingerprint density at radius 1 is 1.44 bits per heavy atom. The van der Waals surface area contributed by atoms with Crippen LogP contribution in [0.15, 0.2) is 18.2 Å². The summed E-state index contributed by atoms with van der Waals surface area (Å²) in [5, 5.41) is 3.79. The molecule has 0 fully saturated rings. The number of benzene rings is 1. The molecular weight excluding hydrogens is 253 g/mol. The summed E-state index contributed by atoms with van der Waals surface area (Å²) < 4.78 is 19.0. The van der Waals surface area contributed by atoms with Gasteiger partial charge in [0.05, 0.1) is 6.10 Å². The second kappa shape index (κ2) is 7.72. The summed E-state index contributed by atoms with van der Waals surface area (Å²) >= 11 is 5.75. The molecule has 1 aromatic carbocycles. The molecule has 0 heterocycles. The van der Waals surface area contributed by atoms with Gasteiger partial charge in [0.2, 0.25) is 0 Å². The first-order chi connectivity index (χ1) is 8.56. The molecule has 0 spiro atoms. The van der Waals surface area contributed by atoms with Gasteiger partial charge in [0.15, 0.2) is 0 Å². The van der Waals surface area contributed by atoms with Crippen molar-refractivity contribution in [2.75, 3.05) is 13.7 Å². The second-order valence-electron chi connectivity index (χ2n) is 4.48. The van der Waals surface area contributed by atoms with Gasteiger partial charge in [0.1, 0.15) is 5.82 Å². The fourth-order valence-electron chi connectivity index (χ4n) is 1.98. The quantitative estimate of drug-likeness (QED) is 0.822. The minimum Gasteiger partial charge on any atom is -0.382 e. The lowest BCUT2D eigenvalue weighted by atomic mass is 10.0. The molecule has 2 atom stereocenters. The minimum atomic E-state index is -0.240. The van der Waals surface area contributed by atoms with Gasteiger partial charge in [-0.1, -0.05) is 24.6 Å². The van der Waals surface area contributed by atoms with Gasteiger partial charge in [-0.25, -0.2) is 4.39 Å². The van der Waals surface area contributed by atoms with E-state index in [1.54, 1.807) is 19.2 Å². The number of hydrogen-bond donors (Lipinski definition) is 1. The number of nitrogens with one attached hydrogen (secondary N) is 1. The maximum Gasteiger partial charge on any atom is 0.127 e. The van der Waals surface area contributed by atoms with Crippen molar-refractivity contribution >= 4 is 11.6 Å². The Balaban J connectivity index is 2.69. The van der Waals surface area contributed by atoms with Gasteiger partial charge in [-0.05, 0) is 44.0 Å². The molecule has 0 saturated heterocycles. The monoisotopic (exact) mass is 273 g/mol. The van der Waals surface area contributed by atoms with E-state index in [-0.39, 0.29) is 18.0 Å². The van der Waals surface area contributed by atoms with Crippen LogP contribution < -0.4 is 5.32 Å². The molecule has 102 valence electrons. The van der Waals surface area contributed by atoms with Gasteiger partial charge < -0.3 is 10.1 Å². The summed E-state index contributed by atoms with van der Waals surface area (Å²) in [4.78, 5) is 0. The molecule has 0 amide bonds. The summed E-state index contributed by atoms with van der Waals surface area (Å²) in [5.74, 6) is -0.240. The molecule has 0 aromatic heterocycles. The third kappa shape index (κ3) is 4.92. The van der Waals surface area contributed by atoms with E-state index in [0.29, 0.717) is 17.0 Å². The van der Waals surface area contributed by atoms with Crippen molar-refractivity contribution in [3.63, 3.8) is 0 Å². The zero-order valence-electron chi connectivity index (χ0n) is 11.2. The zero-order chi connectivity index (χ0) is 13.5. The highest BCUT2D eigenvalue weighted by Crippen LogP contribution is 2.17. The van der Waals surface area contributed by atoms with Crippen molar-refractivity contribution < 1.29 is 9.13 Å². The highest BCUT2D eigenvalue weighted by atomic mass is 35.5. The Hall–Kier alpha value is -0.640. The van der Waals surface area contributed by atoms with Gasteiger partial charge in [-0.3, -0.25) is 0 Å². The average Bonchev–Trinajstić information content (AvgIpc) is 2.32. The molecule has 4 heteroatoms. The Morgan fingerprint density at radius 3 is 2.72 bits per heavy atom. The molecule has 0 aliphatic heterocycles. The van der Waals surface area contributed by atoms with Crippen molar-refractivity contribution in [1.29, 1.82) is 0 Å². The summed E-state index contributed by atoms with van der Waals surface area (Å²) in [6, 6.07) is 5.04. The van der Waals surface area contributed by atoms with Crippen LogP contribution in [-0.4, -0.2) is 25.8 Å². The Kier molecular flexibility index (Phi) is 6.61. The van der Waals surface area contributed by atoms with Crippen LogP contribution in [0.1, 0.15) is 25.8 Å². The van der Waals surface area contributed by atoms with Crippen LogP contribution in [0.2, 0.25) is 5.02 Å². The molecule has 1 rings (SSSR count). The molecule has 2 nitrogen and oxygen atoms in total. The number of ether oxygens (including phenoxy) is 1. The van der Waals surface area contributed by atoms with E-state index in [0.717, 1.165) is 13.0 Å². The summed E-state index contributed by atoms with van der Waals surface area (Å²) in [6.07, 6.45) is 1.65. The SMILES string of the molecule is CCNC(Cc1ccc(Cl)cc1F)CC(C)OC. The molecule has 1 N–H and O–H groups in total. The first-order valence-corrected chi connectivity index (χ1v) is 6.64. The van der Waals surface area contributed by atoms with Crippen LogP contribution in [0.25, 0.3) is 0 Å². The van der Waals surface area contributed by atoms with Crippen LogP contribution in [0.3, 0.4) is 0 Å². The first-order valence-electron chi connectivity index (χ1n) is 6.26. The van der Waals surface area contributed by atoms with Gasteiger partial charge in [-0.2, -0.15) is 0 Å². The minimum absolute atomic E-state index is 0.157. The summed E-state index contributed by atoms with van der Waals surface area (Å²) in [5.41, 5.74) is 0.689. The number of likely N-dealkylation sites (N-methyl/N-ethyl adjacent to an activating group) is 1. The van der Waals surface area contributed by atoms with Crippen molar-refractivity contribution in [2.45, 2.75) is 38.8 Å². The lowest BCUT2D eigenvalue weighted by Gasteiger charge is -2.21. The summed E-state index contributed by atoms with van der Waals surface area (Å²) in [7, 11) is 1.69. The third-order valence-corrected chi connectivity index (χ3v) is 3.23. The van der Waals surface area contributed by atoms with Crippen LogP contribution in [0, 0.1) is 5.82 Å². The van der Waals surface area contributed by atoms with Crippen LogP contribution in [-0.2, 0) is 11.2 Å². The van der Waals surface area contributed by atoms with E-state index >= 15 is 0 Å². The van der Waals surface area contributed by atoms with E-state index in [4.69, 9.17) is 16.3 Å². The predicted molar refractivity (Wildman–Crippen MR) is 73.7 cm³/mol. The van der Waals surface area contributed by atoms with Crippen LogP contribution in [0.5, 0.6) is 0 Å². The van der Waals surface area contributed by atoms with Gasteiger partial charge in [0, 0.05) is 18.2 Å². The molecular formula is C14H21ClFNO. The van der Waals surface area contributed by atoms with E-state index < -0.39 is 0 Å². The highest BCUT2D eigenvalue weighted by Gasteiger charge is 2.14. The van der Waals surface area contributed by atoms with E-state index in [1.807, 2.05) is 13.8 Å². The third-order valence-electron chi connectivity index (χ3n) is 2.99. The standard InChI is InChI=1S/C14H21ClFNO/c1-4-17-13(7-10(2)18-3)8-11-5-6-12(15)9-14(11)16/h5-6,9-10,13,17H,4,7-8H2,1-3H3. The molecule has 0 saturated carbocycles. The lowest BCUT2D eigenvalue weighted by molar-refractivity contribution is 0.100. The summed E-state index contributed by atoms with van der Waals surface area (Å²) in [6.45, 7) is 4.92. The number of hydrogen-bond acceptors (Lipinski definition) is 2. The van der Waals surface area contributed by atoms with Crippen molar-refractivity contribution in [1.82, 2.24) is 5.32 Å². The second-order valence-corrected chi connectivity index (χ2v) is 4.91. The first kappa shape index (κ1) is 15.4. The van der Waals surface area contributed by atoms with Crippen molar-refractivity contribution in [2.24, 2.45) is 0 Å². The predicted octanol–water partition coefficient (Wildman–Crippen LogP) is 3.42.